The molecule has 2 atom stereocenters. The average Bonchev–Trinajstić information content (AvgIpc) is 2.03. The van der Waals surface area contributed by atoms with Gasteiger partial charge in [0.2, 0.25) is 0 Å². The van der Waals surface area contributed by atoms with Crippen molar-refractivity contribution in [1.29, 1.82) is 0 Å². The molecule has 2 unspecified atom stereocenters. The highest BCUT2D eigenvalue weighted by atomic mass is 19.3. The number of rotatable bonds is 4. The third kappa shape index (κ3) is 5.32. The highest BCUT2D eigenvalue weighted by Crippen LogP contribution is 2.06. The normalized spacial score (nSPS) is 15.2. The number of ether oxygens (including phenoxy) is 1. The Balaban J connectivity index is 3.74. The molecule has 0 heterocycles. The Morgan fingerprint density at radius 3 is 2.38 bits per heavy atom. The Labute approximate surface area is 74.3 Å². The van der Waals surface area contributed by atoms with E-state index in [1.165, 1.54) is 0 Å². The van der Waals surface area contributed by atoms with Crippen molar-refractivity contribution in [3.63, 3.8) is 0 Å². The minimum atomic E-state index is -3.30. The summed E-state index contributed by atoms with van der Waals surface area (Å²) in [5.74, 6) is 0. The molecule has 0 rings (SSSR count). The second kappa shape index (κ2) is 5.66. The van der Waals surface area contributed by atoms with Gasteiger partial charge in [0.1, 0.15) is 0 Å². The van der Waals surface area contributed by atoms with Crippen LogP contribution in [-0.4, -0.2) is 24.9 Å². The first kappa shape index (κ1) is 12.1. The lowest BCUT2D eigenvalue weighted by molar-refractivity contribution is -0.0907. The Morgan fingerprint density at radius 2 is 2.00 bits per heavy atom. The third-order valence-electron chi connectivity index (χ3n) is 1.39. The number of nitrogens with one attached hydrogen (secondary N) is 1. The summed E-state index contributed by atoms with van der Waals surface area (Å²) in [4.78, 5) is 10.6. The van der Waals surface area contributed by atoms with E-state index in [2.05, 4.69) is 10.1 Å². The van der Waals surface area contributed by atoms with Gasteiger partial charge in [0.25, 0.3) is 0 Å². The Kier molecular flexibility index (Phi) is 5.25. The zero-order chi connectivity index (χ0) is 10.4. The fourth-order valence-corrected chi connectivity index (χ4v) is 0.491. The maximum atomic E-state index is 12.1. The van der Waals surface area contributed by atoms with Crippen LogP contribution < -0.4 is 5.32 Å². The highest BCUT2D eigenvalue weighted by molar-refractivity contribution is 5.67. The lowest BCUT2D eigenvalue weighted by Crippen LogP contribution is -2.35. The van der Waals surface area contributed by atoms with E-state index in [1.807, 2.05) is 0 Å². The van der Waals surface area contributed by atoms with E-state index < -0.39 is 18.9 Å². The van der Waals surface area contributed by atoms with Gasteiger partial charge in [-0.3, -0.25) is 0 Å². The summed E-state index contributed by atoms with van der Waals surface area (Å²) in [6, 6.07) is -0.225. The van der Waals surface area contributed by atoms with Crippen LogP contribution in [0.5, 0.6) is 0 Å². The molecule has 78 valence electrons. The van der Waals surface area contributed by atoms with Crippen molar-refractivity contribution in [2.24, 2.45) is 0 Å². The smallest absolute Gasteiger partial charge is 0.409 e. The third-order valence-corrected chi connectivity index (χ3v) is 1.39. The highest BCUT2D eigenvalue weighted by Gasteiger charge is 2.23. The van der Waals surface area contributed by atoms with E-state index in [9.17, 15) is 18.0 Å². The molecule has 0 saturated heterocycles. The zero-order valence-electron chi connectivity index (χ0n) is 7.39. The Morgan fingerprint density at radius 1 is 1.46 bits per heavy atom. The Bertz CT molecular complexity index is 166. The van der Waals surface area contributed by atoms with E-state index in [1.54, 1.807) is 13.8 Å². The molecule has 3 nitrogen and oxygen atoms in total. The molecule has 0 aromatic heterocycles. The van der Waals surface area contributed by atoms with Crippen LogP contribution in [0.3, 0.4) is 0 Å². The zero-order valence-corrected chi connectivity index (χ0v) is 7.39. The first-order valence-electron chi connectivity index (χ1n) is 3.86. The summed E-state index contributed by atoms with van der Waals surface area (Å²) in [6.07, 6.45) is -6.71. The van der Waals surface area contributed by atoms with E-state index in [0.717, 1.165) is 0 Å². The largest absolute Gasteiger partial charge is 0.410 e. The first-order chi connectivity index (χ1) is 5.97. The van der Waals surface area contributed by atoms with Crippen LogP contribution in [-0.2, 0) is 4.74 Å². The second-order valence-electron chi connectivity index (χ2n) is 2.54. The van der Waals surface area contributed by atoms with Crippen molar-refractivity contribution in [2.75, 3.05) is 0 Å². The molecule has 0 fully saturated rings. The lowest BCUT2D eigenvalue weighted by atomic mass is 10.3. The topological polar surface area (TPSA) is 38.3 Å². The number of hydrogen-bond donors (Lipinski definition) is 1. The van der Waals surface area contributed by atoms with Crippen LogP contribution in [0.25, 0.3) is 0 Å². The van der Waals surface area contributed by atoms with Crippen LogP contribution in [0.2, 0.25) is 0 Å². The van der Waals surface area contributed by atoms with Crippen LogP contribution in [0.4, 0.5) is 18.0 Å². The van der Waals surface area contributed by atoms with Crippen molar-refractivity contribution in [3.05, 3.63) is 0 Å². The summed E-state index contributed by atoms with van der Waals surface area (Å²) in [5.41, 5.74) is 0. The molecule has 0 aliphatic carbocycles. The van der Waals surface area contributed by atoms with Crippen molar-refractivity contribution in [3.8, 4) is 0 Å². The molecule has 0 spiro atoms. The number of carbonyl (C=O) groups is 1. The molecule has 0 aromatic carbocycles. The summed E-state index contributed by atoms with van der Waals surface area (Å²) in [7, 11) is 0. The minimum Gasteiger partial charge on any atom is -0.409 e. The van der Waals surface area contributed by atoms with Gasteiger partial charge in [0.05, 0.1) is 0 Å². The van der Waals surface area contributed by atoms with Gasteiger partial charge in [-0.25, -0.2) is 13.6 Å². The quantitative estimate of drug-likeness (QED) is 0.752. The summed E-state index contributed by atoms with van der Waals surface area (Å²) in [6.45, 7) is 3.43. The summed E-state index contributed by atoms with van der Waals surface area (Å²) < 4.78 is 38.9. The minimum absolute atomic E-state index is 0.225. The number of hydrogen-bond acceptors (Lipinski definition) is 2. The molecule has 13 heavy (non-hydrogen) atoms. The van der Waals surface area contributed by atoms with Gasteiger partial charge in [0.15, 0.2) is 0 Å². The molecule has 0 aliphatic rings. The molecule has 0 aliphatic heterocycles. The maximum absolute atomic E-state index is 12.1. The van der Waals surface area contributed by atoms with Crippen molar-refractivity contribution in [2.45, 2.75) is 39.1 Å². The van der Waals surface area contributed by atoms with Crippen LogP contribution >= 0.6 is 0 Å². The molecular formula is C7H12F3NO2. The average molecular weight is 199 g/mol. The fraction of sp³-hybridized carbons (Fsp3) is 0.857. The van der Waals surface area contributed by atoms with Crippen molar-refractivity contribution < 1.29 is 22.7 Å². The van der Waals surface area contributed by atoms with Crippen molar-refractivity contribution in [1.82, 2.24) is 5.32 Å². The first-order valence-corrected chi connectivity index (χ1v) is 3.86. The molecule has 6 heteroatoms. The number of alkyl carbamates (subject to hydrolysis) is 1. The van der Waals surface area contributed by atoms with E-state index in [0.29, 0.717) is 6.42 Å². The second-order valence-corrected chi connectivity index (χ2v) is 2.54. The van der Waals surface area contributed by atoms with Gasteiger partial charge in [-0.15, -0.1) is 0 Å². The number of halogens is 3. The maximum Gasteiger partial charge on any atom is 0.410 e. The van der Waals surface area contributed by atoms with Gasteiger partial charge in [0, 0.05) is 6.04 Å². The fourth-order valence-electron chi connectivity index (χ4n) is 0.491. The van der Waals surface area contributed by atoms with Crippen LogP contribution in [0, 0.1) is 0 Å². The molecule has 0 radical (unpaired) electrons. The molecule has 0 saturated carbocycles. The van der Waals surface area contributed by atoms with Gasteiger partial charge < -0.3 is 10.1 Å². The van der Waals surface area contributed by atoms with Crippen molar-refractivity contribution >= 4 is 6.09 Å². The van der Waals surface area contributed by atoms with Gasteiger partial charge in [-0.2, -0.15) is 4.39 Å². The summed E-state index contributed by atoms with van der Waals surface area (Å²) in [5, 5.41) is 2.18. The number of carbonyl (C=O) groups excluding carboxylic acids is 1. The predicted molar refractivity (Wildman–Crippen MR) is 40.3 cm³/mol. The van der Waals surface area contributed by atoms with Gasteiger partial charge >= 0.3 is 18.9 Å². The lowest BCUT2D eigenvalue weighted by Gasteiger charge is -2.13. The molecular weight excluding hydrogens is 187 g/mol. The Hall–Kier alpha value is -0.940. The summed E-state index contributed by atoms with van der Waals surface area (Å²) >= 11 is 0. The van der Waals surface area contributed by atoms with Crippen LogP contribution in [0.15, 0.2) is 0 Å². The van der Waals surface area contributed by atoms with Gasteiger partial charge in [-0.1, -0.05) is 6.92 Å². The molecule has 1 N–H and O–H groups in total. The number of amides is 1. The van der Waals surface area contributed by atoms with E-state index in [-0.39, 0.29) is 6.04 Å². The molecule has 0 aromatic rings. The van der Waals surface area contributed by atoms with E-state index in [4.69, 9.17) is 0 Å². The standard InChI is InChI=1S/C7H12F3NO2/c1-3-4(2)11-7(12)13-6(10)5(8)9/h4-6H,3H2,1-2H3,(H,11,12). The monoisotopic (exact) mass is 199 g/mol. The number of alkyl halides is 3. The molecule has 1 amide bonds. The van der Waals surface area contributed by atoms with Gasteiger partial charge in [-0.05, 0) is 13.3 Å². The molecule has 0 bridgehead atoms. The van der Waals surface area contributed by atoms with Crippen LogP contribution in [0.1, 0.15) is 20.3 Å². The predicted octanol–water partition coefficient (Wildman–Crippen LogP) is 2.07. The SMILES string of the molecule is CCC(C)NC(=O)OC(F)C(F)F. The van der Waals surface area contributed by atoms with E-state index >= 15 is 0 Å².